The first-order valence-corrected chi connectivity index (χ1v) is 14.2. The normalized spacial score (nSPS) is 30.4. The number of hydrogen-bond donors (Lipinski definition) is 3. The first-order chi connectivity index (χ1) is 19.1. The maximum atomic E-state index is 13.7. The van der Waals surface area contributed by atoms with Crippen LogP contribution in [0.15, 0.2) is 42.6 Å². The van der Waals surface area contributed by atoms with Gasteiger partial charge in [-0.25, -0.2) is 0 Å². The fraction of sp³-hybridized carbons (Fsp3) is 0.452. The number of aromatic nitrogens is 1. The van der Waals surface area contributed by atoms with E-state index in [4.69, 9.17) is 4.74 Å². The topological polar surface area (TPSA) is 104 Å². The summed E-state index contributed by atoms with van der Waals surface area (Å²) in [4.78, 5) is 32.3. The Morgan fingerprint density at radius 1 is 1.21 bits per heavy atom. The molecule has 39 heavy (non-hydrogen) atoms. The highest BCUT2D eigenvalue weighted by Crippen LogP contribution is 2.65. The van der Waals surface area contributed by atoms with Gasteiger partial charge in [-0.05, 0) is 69.0 Å². The number of aromatic hydroxyl groups is 1. The van der Waals surface area contributed by atoms with E-state index in [0.717, 1.165) is 66.7 Å². The fourth-order valence-electron chi connectivity index (χ4n) is 8.43. The molecule has 2 bridgehead atoms. The second kappa shape index (κ2) is 8.42. The van der Waals surface area contributed by atoms with Crippen LogP contribution in [-0.4, -0.2) is 58.6 Å². The summed E-state index contributed by atoms with van der Waals surface area (Å²) in [5.74, 6) is 1.96. The Labute approximate surface area is 226 Å². The lowest BCUT2D eigenvalue weighted by Crippen LogP contribution is -2.69. The Hall–Kier alpha value is -3.65. The molecule has 8 heteroatoms. The van der Waals surface area contributed by atoms with E-state index < -0.39 is 0 Å². The number of carbonyl (C=O) groups is 2. The van der Waals surface area contributed by atoms with Crippen LogP contribution in [0.25, 0.3) is 10.9 Å². The monoisotopic (exact) mass is 524 g/mol. The number of fused-ring (bicyclic) bond motifs is 1. The van der Waals surface area contributed by atoms with Gasteiger partial charge in [0.15, 0.2) is 0 Å². The molecule has 8 rings (SSSR count). The predicted molar refractivity (Wildman–Crippen MR) is 146 cm³/mol. The number of anilines is 1. The Morgan fingerprint density at radius 3 is 2.92 bits per heavy atom. The van der Waals surface area contributed by atoms with Crippen LogP contribution in [0.5, 0.6) is 11.5 Å². The van der Waals surface area contributed by atoms with E-state index in [-0.39, 0.29) is 29.2 Å². The van der Waals surface area contributed by atoms with Crippen LogP contribution in [0.1, 0.15) is 53.6 Å². The van der Waals surface area contributed by atoms with Crippen molar-refractivity contribution in [3.8, 4) is 11.5 Å². The SMILES string of the molecule is O=CNc1cc(O)c2c3c1O[C@H]1[C@H](NC(=O)c4ccnc5ccccc45)CC[C@H]4[C@@H](C2)N(CC2CC2)CC[C@@]341. The number of nitrogens with zero attached hydrogens (tertiary/aromatic N) is 2. The molecular formula is C31H32N4O4. The van der Waals surface area contributed by atoms with Crippen LogP contribution in [0.4, 0.5) is 5.69 Å². The molecule has 2 aromatic carbocycles. The highest BCUT2D eigenvalue weighted by molar-refractivity contribution is 6.06. The van der Waals surface area contributed by atoms with Gasteiger partial charge in [0.1, 0.15) is 17.6 Å². The molecule has 5 atom stereocenters. The zero-order valence-electron chi connectivity index (χ0n) is 21.7. The van der Waals surface area contributed by atoms with E-state index in [1.54, 1.807) is 18.3 Å². The van der Waals surface area contributed by atoms with Crippen LogP contribution >= 0.6 is 0 Å². The van der Waals surface area contributed by atoms with Gasteiger partial charge < -0.3 is 20.5 Å². The van der Waals surface area contributed by atoms with E-state index in [9.17, 15) is 14.7 Å². The highest BCUT2D eigenvalue weighted by Gasteiger charge is 2.66. The van der Waals surface area contributed by atoms with Gasteiger partial charge in [0.05, 0.1) is 22.8 Å². The summed E-state index contributed by atoms with van der Waals surface area (Å²) < 4.78 is 6.80. The number of phenolic OH excluding ortho intramolecular Hbond substituents is 1. The Balaban J connectivity index is 1.20. The molecule has 2 aliphatic heterocycles. The molecule has 1 aromatic heterocycles. The van der Waals surface area contributed by atoms with Gasteiger partial charge in [0.25, 0.3) is 5.91 Å². The molecule has 0 radical (unpaired) electrons. The van der Waals surface area contributed by atoms with Gasteiger partial charge in [-0.2, -0.15) is 0 Å². The molecule has 3 fully saturated rings. The average molecular weight is 525 g/mol. The summed E-state index contributed by atoms with van der Waals surface area (Å²) in [5, 5.41) is 18.1. The van der Waals surface area contributed by atoms with Crippen molar-refractivity contribution in [2.75, 3.05) is 18.4 Å². The van der Waals surface area contributed by atoms with Gasteiger partial charge in [0.2, 0.25) is 6.41 Å². The van der Waals surface area contributed by atoms with Crippen molar-refractivity contribution in [2.45, 2.75) is 62.1 Å². The first kappa shape index (κ1) is 23.3. The van der Waals surface area contributed by atoms with Crippen molar-refractivity contribution in [1.82, 2.24) is 15.2 Å². The number of hydrogen-bond acceptors (Lipinski definition) is 6. The van der Waals surface area contributed by atoms with Crippen LogP contribution < -0.4 is 15.4 Å². The third-order valence-corrected chi connectivity index (χ3v) is 10.2. The second-order valence-electron chi connectivity index (χ2n) is 12.1. The average Bonchev–Trinajstić information content (AvgIpc) is 3.70. The molecule has 5 aliphatic rings. The van der Waals surface area contributed by atoms with Crippen molar-refractivity contribution < 1.29 is 19.4 Å². The molecule has 1 saturated heterocycles. The van der Waals surface area contributed by atoms with Crippen LogP contribution in [-0.2, 0) is 16.6 Å². The van der Waals surface area contributed by atoms with Crippen molar-refractivity contribution >= 4 is 28.9 Å². The van der Waals surface area contributed by atoms with E-state index in [0.29, 0.717) is 35.4 Å². The Kier molecular flexibility index (Phi) is 5.02. The maximum Gasteiger partial charge on any atom is 0.252 e. The number of phenols is 1. The minimum absolute atomic E-state index is 0.124. The van der Waals surface area contributed by atoms with Crippen LogP contribution in [0.3, 0.4) is 0 Å². The van der Waals surface area contributed by atoms with Crippen LogP contribution in [0, 0.1) is 11.8 Å². The number of amides is 2. The lowest BCUT2D eigenvalue weighted by molar-refractivity contribution is -0.105. The third kappa shape index (κ3) is 3.30. The highest BCUT2D eigenvalue weighted by atomic mass is 16.5. The van der Waals surface area contributed by atoms with E-state index >= 15 is 0 Å². The van der Waals surface area contributed by atoms with Crippen molar-refractivity contribution in [3.05, 3.63) is 59.3 Å². The number of ether oxygens (including phenoxy) is 1. The summed E-state index contributed by atoms with van der Waals surface area (Å²) in [6, 6.07) is 11.3. The summed E-state index contributed by atoms with van der Waals surface area (Å²) in [5.41, 5.74) is 3.63. The number of piperidine rings is 1. The van der Waals surface area contributed by atoms with Crippen LogP contribution in [0.2, 0.25) is 0 Å². The van der Waals surface area contributed by atoms with Crippen molar-refractivity contribution in [1.29, 1.82) is 0 Å². The molecule has 3 aliphatic carbocycles. The zero-order chi connectivity index (χ0) is 26.3. The molecule has 3 aromatic rings. The zero-order valence-corrected chi connectivity index (χ0v) is 21.7. The quantitative estimate of drug-likeness (QED) is 0.425. The van der Waals surface area contributed by atoms with Gasteiger partial charge >= 0.3 is 0 Å². The number of nitrogens with one attached hydrogen (secondary N) is 2. The van der Waals surface area contributed by atoms with Crippen molar-refractivity contribution in [3.63, 3.8) is 0 Å². The molecule has 2 amide bonds. The number of carbonyl (C=O) groups excluding carboxylic acids is 2. The molecule has 200 valence electrons. The molecular weight excluding hydrogens is 492 g/mol. The molecule has 3 N–H and O–H groups in total. The number of rotatable bonds is 6. The molecule has 2 saturated carbocycles. The number of benzene rings is 2. The molecule has 3 heterocycles. The summed E-state index contributed by atoms with van der Waals surface area (Å²) in [6.45, 7) is 2.12. The number of pyridine rings is 1. The van der Waals surface area contributed by atoms with Gasteiger partial charge in [-0.3, -0.25) is 19.5 Å². The van der Waals surface area contributed by atoms with Crippen molar-refractivity contribution in [2.24, 2.45) is 11.8 Å². The summed E-state index contributed by atoms with van der Waals surface area (Å²) >= 11 is 0. The fourth-order valence-corrected chi connectivity index (χ4v) is 8.43. The Morgan fingerprint density at radius 2 is 2.08 bits per heavy atom. The standard InChI is InChI=1S/C31H32N4O4/c36-16-33-24-14-26(37)20-13-25-21-7-8-23(34-30(38)19-9-11-32-22-4-2-1-3-18(19)22)29-31(21,27(20)28(24)39-29)10-12-35(25)15-17-5-6-17/h1-4,9,11,14,16-17,21,23,25,29,37H,5-8,10,12-13,15H2,(H,33,36)(H,34,38)/t21-,23+,25+,29-,31-/m0/s1. The smallest absolute Gasteiger partial charge is 0.252 e. The minimum Gasteiger partial charge on any atom is -0.508 e. The van der Waals surface area contributed by atoms with E-state index in [1.807, 2.05) is 24.3 Å². The van der Waals surface area contributed by atoms with Gasteiger partial charge in [-0.1, -0.05) is 18.2 Å². The molecule has 1 spiro atoms. The summed E-state index contributed by atoms with van der Waals surface area (Å²) in [7, 11) is 0. The third-order valence-electron chi connectivity index (χ3n) is 10.2. The molecule has 8 nitrogen and oxygen atoms in total. The largest absolute Gasteiger partial charge is 0.508 e. The van der Waals surface area contributed by atoms with Gasteiger partial charge in [-0.15, -0.1) is 0 Å². The number of likely N-dealkylation sites (tertiary alicyclic amines) is 1. The van der Waals surface area contributed by atoms with E-state index in [1.165, 1.54) is 12.8 Å². The number of para-hydroxylation sites is 1. The van der Waals surface area contributed by atoms with Gasteiger partial charge in [0, 0.05) is 46.8 Å². The predicted octanol–water partition coefficient (Wildman–Crippen LogP) is 3.76. The summed E-state index contributed by atoms with van der Waals surface area (Å²) in [6.07, 6.45) is 8.21. The Bertz CT molecular complexity index is 1510. The maximum absolute atomic E-state index is 13.7. The molecule has 0 unspecified atom stereocenters. The lowest BCUT2D eigenvalue weighted by atomic mass is 9.51. The van der Waals surface area contributed by atoms with E-state index in [2.05, 4.69) is 20.5 Å². The minimum atomic E-state index is -0.303. The second-order valence-corrected chi connectivity index (χ2v) is 12.1. The lowest BCUT2D eigenvalue weighted by Gasteiger charge is -2.59. The first-order valence-electron chi connectivity index (χ1n) is 14.2.